The van der Waals surface area contributed by atoms with Gasteiger partial charge in [0, 0.05) is 24.8 Å². The zero-order valence-corrected chi connectivity index (χ0v) is 21.1. The van der Waals surface area contributed by atoms with Crippen molar-refractivity contribution in [1.29, 1.82) is 5.26 Å². The Bertz CT molecular complexity index is 1730. The fourth-order valence-corrected chi connectivity index (χ4v) is 4.65. The Kier molecular flexibility index (Phi) is 6.54. The van der Waals surface area contributed by atoms with Crippen molar-refractivity contribution in [2.45, 2.75) is 46.3 Å². The lowest BCUT2D eigenvalue weighted by atomic mass is 9.84. The Balaban J connectivity index is 2.04. The molecule has 0 fully saturated rings. The van der Waals surface area contributed by atoms with Crippen LogP contribution in [0.25, 0.3) is 27.8 Å². The predicted molar refractivity (Wildman–Crippen MR) is 134 cm³/mol. The maximum atomic E-state index is 15.2. The number of hydrogen-bond acceptors (Lipinski definition) is 5. The Labute approximate surface area is 213 Å². The van der Waals surface area contributed by atoms with E-state index in [2.05, 4.69) is 15.0 Å². The topological polar surface area (TPSA) is 92.3 Å². The molecule has 2 atom stereocenters. The second-order valence-electron chi connectivity index (χ2n) is 8.92. The highest BCUT2D eigenvalue weighted by Gasteiger charge is 2.35. The van der Waals surface area contributed by atoms with Gasteiger partial charge in [0.15, 0.2) is 16.2 Å². The van der Waals surface area contributed by atoms with Gasteiger partial charge >= 0.3 is 6.18 Å². The molecule has 0 amide bonds. The average molecular weight is 531 g/mol. The normalized spacial score (nSPS) is 14.8. The molecule has 3 aromatic heterocycles. The van der Waals surface area contributed by atoms with Gasteiger partial charge in [0.05, 0.1) is 34.1 Å². The van der Waals surface area contributed by atoms with Gasteiger partial charge in [-0.25, -0.2) is 14.4 Å². The van der Waals surface area contributed by atoms with Gasteiger partial charge in [0.2, 0.25) is 0 Å². The van der Waals surface area contributed by atoms with Crippen molar-refractivity contribution in [3.63, 3.8) is 0 Å². The SMILES string of the molecule is CCc1nc2c(F)cc(-n3c(=S)n([C@@H](C)C(C)(C#N)/C=C/C(F)(F)F)c4nccc(C)c43)cc2c(=O)[nH]1. The van der Waals surface area contributed by atoms with Gasteiger partial charge in [-0.15, -0.1) is 0 Å². The zero-order valence-electron chi connectivity index (χ0n) is 20.3. The Hall–Kier alpha value is -3.85. The number of halogens is 4. The predicted octanol–water partition coefficient (Wildman–Crippen LogP) is 6.01. The molecule has 0 saturated heterocycles. The zero-order chi connectivity index (χ0) is 27.3. The third-order valence-electron chi connectivity index (χ3n) is 6.46. The quantitative estimate of drug-likeness (QED) is 0.194. The summed E-state index contributed by atoms with van der Waals surface area (Å²) in [5, 5.41) is 9.86. The molecule has 0 aliphatic heterocycles. The van der Waals surface area contributed by atoms with E-state index in [4.69, 9.17) is 12.2 Å². The Morgan fingerprint density at radius 1 is 1.30 bits per heavy atom. The largest absolute Gasteiger partial charge is 0.409 e. The number of nitriles is 1. The van der Waals surface area contributed by atoms with Gasteiger partial charge in [-0.2, -0.15) is 18.4 Å². The smallest absolute Gasteiger partial charge is 0.310 e. The number of alkyl halides is 3. The number of aryl methyl sites for hydroxylation is 2. The van der Waals surface area contributed by atoms with Crippen molar-refractivity contribution in [2.75, 3.05) is 0 Å². The van der Waals surface area contributed by atoms with Crippen LogP contribution < -0.4 is 5.56 Å². The number of rotatable bonds is 5. The summed E-state index contributed by atoms with van der Waals surface area (Å²) in [6.45, 7) is 6.49. The number of nitrogens with zero attached hydrogens (tertiary/aromatic N) is 5. The van der Waals surface area contributed by atoms with Crippen LogP contribution in [0.4, 0.5) is 17.6 Å². The molecule has 0 bridgehead atoms. The minimum atomic E-state index is -4.61. The van der Waals surface area contributed by atoms with E-state index >= 15 is 4.39 Å². The summed E-state index contributed by atoms with van der Waals surface area (Å²) in [6, 6.07) is 5.40. The highest BCUT2D eigenvalue weighted by molar-refractivity contribution is 7.71. The van der Waals surface area contributed by atoms with Crippen LogP contribution in [0.3, 0.4) is 0 Å². The molecule has 0 spiro atoms. The van der Waals surface area contributed by atoms with Gasteiger partial charge in [-0.1, -0.05) is 13.0 Å². The van der Waals surface area contributed by atoms with Crippen LogP contribution in [0.2, 0.25) is 0 Å². The van der Waals surface area contributed by atoms with E-state index in [0.29, 0.717) is 29.0 Å². The molecule has 1 unspecified atom stereocenters. The molecule has 3 heterocycles. The van der Waals surface area contributed by atoms with Gasteiger partial charge in [-0.05, 0) is 50.7 Å². The first-order valence-electron chi connectivity index (χ1n) is 11.3. The summed E-state index contributed by atoms with van der Waals surface area (Å²) in [7, 11) is 0. The summed E-state index contributed by atoms with van der Waals surface area (Å²) in [4.78, 5) is 23.9. The standard InChI is InChI=1S/C25H22F4N6OS/c1-5-18-32-19-16(22(36)33-18)10-15(11-17(19)26)35-20-13(2)6-9-31-21(20)34(23(35)37)14(3)24(4,12-30)7-8-25(27,28)29/h6-11,14H,5H2,1-4H3,(H,32,33,36)/b8-7+/t14-,24?/m0/s1. The van der Waals surface area contributed by atoms with E-state index in [0.717, 1.165) is 6.08 Å². The first-order valence-corrected chi connectivity index (χ1v) is 11.7. The minimum Gasteiger partial charge on any atom is -0.310 e. The van der Waals surface area contributed by atoms with Crippen molar-refractivity contribution in [2.24, 2.45) is 5.41 Å². The number of benzene rings is 1. The van der Waals surface area contributed by atoms with Crippen LogP contribution in [-0.2, 0) is 6.42 Å². The van der Waals surface area contributed by atoms with E-state index < -0.39 is 29.0 Å². The summed E-state index contributed by atoms with van der Waals surface area (Å²) in [5.74, 6) is -0.394. The molecule has 192 valence electrons. The van der Waals surface area contributed by atoms with E-state index in [-0.39, 0.29) is 27.4 Å². The monoisotopic (exact) mass is 530 g/mol. The van der Waals surface area contributed by atoms with Gasteiger partial charge in [0.25, 0.3) is 5.56 Å². The van der Waals surface area contributed by atoms with Crippen LogP contribution >= 0.6 is 12.2 Å². The molecule has 0 aliphatic carbocycles. The second-order valence-corrected chi connectivity index (χ2v) is 9.29. The minimum absolute atomic E-state index is 0.0135. The van der Waals surface area contributed by atoms with Crippen molar-refractivity contribution in [3.05, 3.63) is 68.9 Å². The average Bonchev–Trinajstić information content (AvgIpc) is 3.14. The number of H-pyrrole nitrogens is 1. The fraction of sp³-hybridized carbons (Fsp3) is 0.320. The number of allylic oxidation sites excluding steroid dienone is 2. The molecule has 7 nitrogen and oxygen atoms in total. The first kappa shape index (κ1) is 26.2. The molecule has 4 rings (SSSR count). The molecule has 1 aromatic carbocycles. The van der Waals surface area contributed by atoms with Crippen LogP contribution in [0.5, 0.6) is 0 Å². The van der Waals surface area contributed by atoms with Crippen LogP contribution in [-0.4, -0.2) is 30.3 Å². The maximum Gasteiger partial charge on any atom is 0.409 e. The lowest BCUT2D eigenvalue weighted by Crippen LogP contribution is -2.26. The third kappa shape index (κ3) is 4.55. The summed E-state index contributed by atoms with van der Waals surface area (Å²) < 4.78 is 57.1. The van der Waals surface area contributed by atoms with Gasteiger partial charge in [-0.3, -0.25) is 13.9 Å². The van der Waals surface area contributed by atoms with Crippen molar-refractivity contribution < 1.29 is 17.6 Å². The highest BCUT2D eigenvalue weighted by Crippen LogP contribution is 2.38. The Morgan fingerprint density at radius 3 is 2.62 bits per heavy atom. The molecule has 0 saturated carbocycles. The third-order valence-corrected chi connectivity index (χ3v) is 6.84. The van der Waals surface area contributed by atoms with Crippen LogP contribution in [0, 0.1) is 34.3 Å². The number of fused-ring (bicyclic) bond motifs is 2. The number of nitrogens with one attached hydrogen (secondary N) is 1. The van der Waals surface area contributed by atoms with Crippen LogP contribution in [0.15, 0.2) is 41.3 Å². The maximum absolute atomic E-state index is 15.2. The Morgan fingerprint density at radius 2 is 2.00 bits per heavy atom. The molecule has 12 heteroatoms. The summed E-state index contributed by atoms with van der Waals surface area (Å²) in [6.07, 6.45) is -1.86. The van der Waals surface area contributed by atoms with E-state index in [9.17, 15) is 23.2 Å². The fourth-order valence-electron chi connectivity index (χ4n) is 4.21. The van der Waals surface area contributed by atoms with E-state index in [1.54, 1.807) is 26.8 Å². The lowest BCUT2D eigenvalue weighted by molar-refractivity contribution is -0.0805. The van der Waals surface area contributed by atoms with E-state index in [1.807, 2.05) is 6.07 Å². The molecule has 0 aliphatic rings. The molecular formula is C25H22F4N6OS. The molecule has 4 aromatic rings. The van der Waals surface area contributed by atoms with Gasteiger partial charge in [0.1, 0.15) is 11.3 Å². The second kappa shape index (κ2) is 9.23. The molecular weight excluding hydrogens is 508 g/mol. The van der Waals surface area contributed by atoms with E-state index in [1.165, 1.54) is 34.4 Å². The van der Waals surface area contributed by atoms with Crippen molar-refractivity contribution >= 4 is 34.3 Å². The first-order chi connectivity index (χ1) is 17.3. The molecule has 37 heavy (non-hydrogen) atoms. The molecule has 0 radical (unpaired) electrons. The summed E-state index contributed by atoms with van der Waals surface area (Å²) >= 11 is 5.73. The number of aromatic amines is 1. The number of hydrogen-bond donors (Lipinski definition) is 1. The lowest BCUT2D eigenvalue weighted by Gasteiger charge is -2.27. The van der Waals surface area contributed by atoms with Crippen molar-refractivity contribution in [1.82, 2.24) is 24.1 Å². The molecule has 1 N–H and O–H groups in total. The van der Waals surface area contributed by atoms with Crippen molar-refractivity contribution in [3.8, 4) is 11.8 Å². The van der Waals surface area contributed by atoms with Crippen LogP contribution in [0.1, 0.15) is 38.2 Å². The number of imidazole rings is 1. The van der Waals surface area contributed by atoms with Gasteiger partial charge < -0.3 is 4.98 Å². The highest BCUT2D eigenvalue weighted by atomic mass is 32.1. The number of aromatic nitrogens is 5. The number of pyridine rings is 1. The summed E-state index contributed by atoms with van der Waals surface area (Å²) in [5.41, 5.74) is -0.554.